The molecule has 21 heavy (non-hydrogen) atoms. The first-order valence-corrected chi connectivity index (χ1v) is 7.96. The molecule has 0 amide bonds. The van der Waals surface area contributed by atoms with E-state index in [1.807, 2.05) is 18.2 Å². The van der Waals surface area contributed by atoms with Gasteiger partial charge in [-0.3, -0.25) is 0 Å². The first-order valence-electron chi connectivity index (χ1n) is 7.56. The molecule has 0 aliphatic carbocycles. The fraction of sp³-hybridized carbons (Fsp3) is 0.500. The Morgan fingerprint density at radius 1 is 1.33 bits per heavy atom. The quantitative estimate of drug-likeness (QED) is 0.881. The minimum Gasteiger partial charge on any atom is -0.331 e. The second-order valence-corrected chi connectivity index (χ2v) is 6.24. The highest BCUT2D eigenvalue weighted by Crippen LogP contribution is 2.22. The van der Waals surface area contributed by atoms with Crippen molar-refractivity contribution in [1.29, 1.82) is 5.26 Å². The molecule has 0 saturated carbocycles. The molecule has 1 unspecified atom stereocenters. The van der Waals surface area contributed by atoms with Crippen LogP contribution < -0.4 is 0 Å². The average Bonchev–Trinajstić information content (AvgIpc) is 2.83. The van der Waals surface area contributed by atoms with Crippen LogP contribution in [0.25, 0.3) is 11.0 Å². The van der Waals surface area contributed by atoms with E-state index in [0.29, 0.717) is 11.6 Å². The van der Waals surface area contributed by atoms with Crippen LogP contribution in [0.15, 0.2) is 18.2 Å². The van der Waals surface area contributed by atoms with Crippen LogP contribution in [0.2, 0.25) is 0 Å². The number of aromatic amines is 1. The molecule has 1 aliphatic rings. The number of aromatic nitrogens is 2. The van der Waals surface area contributed by atoms with Crippen molar-refractivity contribution in [3.63, 3.8) is 0 Å². The maximum Gasteiger partial charge on any atom is 0.178 e. The van der Waals surface area contributed by atoms with Gasteiger partial charge in [-0.1, -0.05) is 6.42 Å². The summed E-state index contributed by atoms with van der Waals surface area (Å²) in [5.41, 5.74) is 2.71. The van der Waals surface area contributed by atoms with Crippen molar-refractivity contribution in [2.75, 3.05) is 19.6 Å². The molecule has 1 atom stereocenters. The molecule has 3 rings (SSSR count). The van der Waals surface area contributed by atoms with E-state index in [1.165, 1.54) is 32.4 Å². The predicted molar refractivity (Wildman–Crippen MR) is 86.8 cm³/mol. The number of fused-ring (bicyclic) bond motifs is 1. The van der Waals surface area contributed by atoms with Gasteiger partial charge in [0.25, 0.3) is 0 Å². The first kappa shape index (κ1) is 14.3. The summed E-state index contributed by atoms with van der Waals surface area (Å²) in [6.45, 7) is 5.59. The highest BCUT2D eigenvalue weighted by atomic mass is 32.1. The molecule has 1 saturated heterocycles. The molecule has 1 fully saturated rings. The molecule has 1 aromatic carbocycles. The van der Waals surface area contributed by atoms with E-state index < -0.39 is 0 Å². The molecule has 2 heterocycles. The molecule has 0 radical (unpaired) electrons. The van der Waals surface area contributed by atoms with Gasteiger partial charge in [-0.25, -0.2) is 0 Å². The van der Waals surface area contributed by atoms with Gasteiger partial charge in [0.05, 0.1) is 22.7 Å². The summed E-state index contributed by atoms with van der Waals surface area (Å²) in [5, 5.41) is 9.09. The van der Waals surface area contributed by atoms with Crippen LogP contribution in [0.3, 0.4) is 0 Å². The number of hydrogen-bond donors (Lipinski definition) is 1. The maximum atomic E-state index is 9.09. The van der Waals surface area contributed by atoms with E-state index in [2.05, 4.69) is 27.4 Å². The third-order valence-electron chi connectivity index (χ3n) is 4.26. The van der Waals surface area contributed by atoms with Crippen LogP contribution in [0.1, 0.15) is 37.8 Å². The van der Waals surface area contributed by atoms with Gasteiger partial charge in [0.1, 0.15) is 0 Å². The normalized spacial score (nSPS) is 17.7. The van der Waals surface area contributed by atoms with Crippen LogP contribution >= 0.6 is 12.2 Å². The summed E-state index contributed by atoms with van der Waals surface area (Å²) in [6.07, 6.45) is 3.94. The monoisotopic (exact) mass is 300 g/mol. The standard InChI is InChI=1S/C16H20N4S/c1-12(11-19-7-3-2-4-8-19)20-15-9-13(10-17)5-6-14(15)18-16(20)21/h5-6,9,12H,2-4,7-8,11H2,1H3,(H,18,21). The van der Waals surface area contributed by atoms with E-state index in [0.717, 1.165) is 22.3 Å². The Labute approximate surface area is 130 Å². The van der Waals surface area contributed by atoms with Crippen molar-refractivity contribution in [3.8, 4) is 6.07 Å². The van der Waals surface area contributed by atoms with Crippen LogP contribution in [0, 0.1) is 16.1 Å². The summed E-state index contributed by atoms with van der Waals surface area (Å²) in [5.74, 6) is 0. The lowest BCUT2D eigenvalue weighted by Gasteiger charge is -2.29. The third kappa shape index (κ3) is 2.87. The molecule has 0 bridgehead atoms. The van der Waals surface area contributed by atoms with Gasteiger partial charge < -0.3 is 14.5 Å². The van der Waals surface area contributed by atoms with Crippen LogP contribution in [-0.2, 0) is 0 Å². The van der Waals surface area contributed by atoms with Crippen LogP contribution in [-0.4, -0.2) is 34.1 Å². The van der Waals surface area contributed by atoms with Gasteiger partial charge in [-0.05, 0) is 63.3 Å². The van der Waals surface area contributed by atoms with Gasteiger partial charge in [0.2, 0.25) is 0 Å². The number of piperidine rings is 1. The number of nitrogens with one attached hydrogen (secondary N) is 1. The Hall–Kier alpha value is -1.64. The van der Waals surface area contributed by atoms with Crippen molar-refractivity contribution < 1.29 is 0 Å². The van der Waals surface area contributed by atoms with Crippen molar-refractivity contribution in [2.45, 2.75) is 32.2 Å². The highest BCUT2D eigenvalue weighted by molar-refractivity contribution is 7.71. The average molecular weight is 300 g/mol. The van der Waals surface area contributed by atoms with E-state index in [1.54, 1.807) is 0 Å². The van der Waals surface area contributed by atoms with Crippen LogP contribution in [0.5, 0.6) is 0 Å². The molecule has 1 N–H and O–H groups in total. The fourth-order valence-corrected chi connectivity index (χ4v) is 3.61. The lowest BCUT2D eigenvalue weighted by atomic mass is 10.1. The summed E-state index contributed by atoms with van der Waals surface area (Å²) in [6, 6.07) is 8.20. The van der Waals surface area contributed by atoms with E-state index in [9.17, 15) is 0 Å². The number of rotatable bonds is 3. The largest absolute Gasteiger partial charge is 0.331 e. The Balaban J connectivity index is 1.93. The van der Waals surface area contributed by atoms with E-state index in [-0.39, 0.29) is 0 Å². The van der Waals surface area contributed by atoms with Crippen molar-refractivity contribution in [2.24, 2.45) is 0 Å². The first-order chi connectivity index (χ1) is 10.2. The summed E-state index contributed by atoms with van der Waals surface area (Å²) in [7, 11) is 0. The molecule has 4 nitrogen and oxygen atoms in total. The lowest BCUT2D eigenvalue weighted by molar-refractivity contribution is 0.202. The number of imidazole rings is 1. The second-order valence-electron chi connectivity index (χ2n) is 5.85. The zero-order chi connectivity index (χ0) is 14.8. The zero-order valence-electron chi connectivity index (χ0n) is 12.3. The molecular weight excluding hydrogens is 280 g/mol. The Morgan fingerprint density at radius 2 is 2.10 bits per heavy atom. The number of nitriles is 1. The molecule has 1 aliphatic heterocycles. The van der Waals surface area contributed by atoms with Crippen LogP contribution in [0.4, 0.5) is 0 Å². The second kappa shape index (κ2) is 6.00. The topological polar surface area (TPSA) is 47.8 Å². The Morgan fingerprint density at radius 3 is 2.81 bits per heavy atom. The molecule has 110 valence electrons. The van der Waals surface area contributed by atoms with Gasteiger partial charge in [-0.15, -0.1) is 0 Å². The molecular formula is C16H20N4S. The smallest absolute Gasteiger partial charge is 0.178 e. The minimum atomic E-state index is 0.304. The summed E-state index contributed by atoms with van der Waals surface area (Å²) in [4.78, 5) is 5.76. The minimum absolute atomic E-state index is 0.304. The number of hydrogen-bond acceptors (Lipinski definition) is 3. The van der Waals surface area contributed by atoms with Gasteiger partial charge >= 0.3 is 0 Å². The van der Waals surface area contributed by atoms with Gasteiger partial charge in [0, 0.05) is 12.6 Å². The van der Waals surface area contributed by atoms with E-state index >= 15 is 0 Å². The molecule has 5 heteroatoms. The number of likely N-dealkylation sites (tertiary alicyclic amines) is 1. The van der Waals surface area contributed by atoms with E-state index in [4.69, 9.17) is 17.5 Å². The van der Waals surface area contributed by atoms with Crippen molar-refractivity contribution in [1.82, 2.24) is 14.5 Å². The van der Waals surface area contributed by atoms with Crippen molar-refractivity contribution >= 4 is 23.3 Å². The summed E-state index contributed by atoms with van der Waals surface area (Å²) < 4.78 is 2.89. The maximum absolute atomic E-state index is 9.09. The Bertz CT molecular complexity index is 731. The van der Waals surface area contributed by atoms with Gasteiger partial charge in [-0.2, -0.15) is 5.26 Å². The Kier molecular flexibility index (Phi) is 4.09. The van der Waals surface area contributed by atoms with Crippen molar-refractivity contribution in [3.05, 3.63) is 28.5 Å². The predicted octanol–water partition coefficient (Wildman–Crippen LogP) is 3.62. The third-order valence-corrected chi connectivity index (χ3v) is 4.56. The van der Waals surface area contributed by atoms with Gasteiger partial charge in [0.15, 0.2) is 4.77 Å². The zero-order valence-corrected chi connectivity index (χ0v) is 13.1. The number of H-pyrrole nitrogens is 1. The number of nitrogens with zero attached hydrogens (tertiary/aromatic N) is 3. The molecule has 2 aromatic rings. The number of benzene rings is 1. The SMILES string of the molecule is CC(CN1CCCCC1)n1c(=S)[nH]c2ccc(C#N)cc21. The lowest BCUT2D eigenvalue weighted by Crippen LogP contribution is -2.34. The summed E-state index contributed by atoms with van der Waals surface area (Å²) >= 11 is 5.48. The highest BCUT2D eigenvalue weighted by Gasteiger charge is 2.17. The molecule has 0 spiro atoms. The molecule has 1 aromatic heterocycles. The fourth-order valence-electron chi connectivity index (χ4n) is 3.23.